The molecule has 35 heavy (non-hydrogen) atoms. The molecule has 0 saturated heterocycles. The number of aromatic amines is 1. The fourth-order valence-corrected chi connectivity index (χ4v) is 4.33. The smallest absolute Gasteiger partial charge is 0.322 e. The van der Waals surface area contributed by atoms with Gasteiger partial charge < -0.3 is 15.4 Å². The topological polar surface area (TPSA) is 126 Å². The van der Waals surface area contributed by atoms with E-state index in [1.807, 2.05) is 37.3 Å². The first-order valence-corrected chi connectivity index (χ1v) is 11.9. The molecule has 0 aliphatic rings. The van der Waals surface area contributed by atoms with Crippen LogP contribution in [0.4, 0.5) is 0 Å². The number of aryl methyl sites for hydroxylation is 1. The number of H-pyrrole nitrogens is 1. The van der Waals surface area contributed by atoms with E-state index in [9.17, 15) is 14.4 Å². The molecule has 2 amide bonds. The second-order valence-corrected chi connectivity index (χ2v) is 9.12. The highest BCUT2D eigenvalue weighted by Gasteiger charge is 2.17. The van der Waals surface area contributed by atoms with Gasteiger partial charge >= 0.3 is 4.87 Å². The molecule has 4 aromatic rings. The molecule has 0 spiro atoms. The van der Waals surface area contributed by atoms with Crippen LogP contribution in [0, 0.1) is 6.92 Å². The largest absolute Gasteiger partial charge is 0.489 e. The van der Waals surface area contributed by atoms with Crippen LogP contribution in [0.2, 0.25) is 0 Å². The molecule has 9 nitrogen and oxygen atoms in total. The standard InChI is InChI=1S/C25H25N5O4S/c1-15-11-18(21-5-3-4-6-22(21)27-15)14-34-20-9-7-17(8-10-20)24(32)28-19(13-26-16(2)31)12-23-29-30-25(33)35-23/h3-11,19H,12-14H2,1-2H3,(H,26,31)(H,28,32)(H,30,33). The SMILES string of the molecule is CC(=O)NCC(Cc1n[nH]c(=O)s1)NC(=O)c1ccc(OCc2cc(C)nc3ccccc23)cc1. The van der Waals surface area contributed by atoms with Gasteiger partial charge in [0.15, 0.2) is 0 Å². The summed E-state index contributed by atoms with van der Waals surface area (Å²) in [5.74, 6) is 0.125. The number of carbonyl (C=O) groups excluding carboxylic acids is 2. The molecule has 2 aromatic carbocycles. The first-order chi connectivity index (χ1) is 16.9. The van der Waals surface area contributed by atoms with Crippen molar-refractivity contribution in [3.63, 3.8) is 0 Å². The van der Waals surface area contributed by atoms with Gasteiger partial charge in [-0.15, -0.1) is 0 Å². The molecule has 3 N–H and O–H groups in total. The molecule has 0 fully saturated rings. The monoisotopic (exact) mass is 491 g/mol. The lowest BCUT2D eigenvalue weighted by Gasteiger charge is -2.18. The highest BCUT2D eigenvalue weighted by molar-refractivity contribution is 7.08. The van der Waals surface area contributed by atoms with Gasteiger partial charge in [-0.2, -0.15) is 5.10 Å². The summed E-state index contributed by atoms with van der Waals surface area (Å²) in [5, 5.41) is 13.5. The average Bonchev–Trinajstić information content (AvgIpc) is 3.25. The average molecular weight is 492 g/mol. The number of fused-ring (bicyclic) bond motifs is 1. The predicted octanol–water partition coefficient (Wildman–Crippen LogP) is 2.74. The molecule has 0 aliphatic carbocycles. The van der Waals surface area contributed by atoms with Gasteiger partial charge in [0.25, 0.3) is 5.91 Å². The summed E-state index contributed by atoms with van der Waals surface area (Å²) >= 11 is 0.974. The molecule has 10 heteroatoms. The lowest BCUT2D eigenvalue weighted by Crippen LogP contribution is -2.44. The number of hydrogen-bond acceptors (Lipinski definition) is 7. The number of hydrogen-bond donors (Lipinski definition) is 3. The Bertz CT molecular complexity index is 1400. The van der Waals surface area contributed by atoms with Crippen molar-refractivity contribution in [2.24, 2.45) is 0 Å². The number of benzene rings is 2. The maximum absolute atomic E-state index is 12.8. The van der Waals surface area contributed by atoms with Crippen LogP contribution >= 0.6 is 11.3 Å². The van der Waals surface area contributed by atoms with E-state index in [1.54, 1.807) is 24.3 Å². The zero-order valence-corrected chi connectivity index (χ0v) is 20.1. The number of amides is 2. The minimum absolute atomic E-state index is 0.210. The molecule has 0 bridgehead atoms. The Morgan fingerprint density at radius 1 is 1.14 bits per heavy atom. The van der Waals surface area contributed by atoms with Gasteiger partial charge in [0.1, 0.15) is 17.4 Å². The van der Waals surface area contributed by atoms with E-state index in [4.69, 9.17) is 4.74 Å². The van der Waals surface area contributed by atoms with Crippen molar-refractivity contribution in [2.45, 2.75) is 32.9 Å². The normalized spacial score (nSPS) is 11.7. The first-order valence-electron chi connectivity index (χ1n) is 11.0. The Hall–Kier alpha value is -4.05. The molecule has 2 heterocycles. The van der Waals surface area contributed by atoms with Crippen LogP contribution in [0.3, 0.4) is 0 Å². The zero-order valence-electron chi connectivity index (χ0n) is 19.3. The number of ether oxygens (including phenoxy) is 1. The Morgan fingerprint density at radius 2 is 1.91 bits per heavy atom. The Morgan fingerprint density at radius 3 is 2.63 bits per heavy atom. The van der Waals surface area contributed by atoms with Crippen molar-refractivity contribution in [2.75, 3.05) is 6.54 Å². The van der Waals surface area contributed by atoms with E-state index in [1.165, 1.54) is 6.92 Å². The third kappa shape index (κ3) is 6.51. The summed E-state index contributed by atoms with van der Waals surface area (Å²) in [6.07, 6.45) is 0.315. The Labute approximate surface area is 205 Å². The van der Waals surface area contributed by atoms with Gasteiger partial charge in [-0.3, -0.25) is 19.4 Å². The van der Waals surface area contributed by atoms with E-state index in [0.717, 1.165) is 33.5 Å². The summed E-state index contributed by atoms with van der Waals surface area (Å²) in [7, 11) is 0. The number of nitrogens with one attached hydrogen (secondary N) is 3. The van der Waals surface area contributed by atoms with Gasteiger partial charge in [0.05, 0.1) is 11.6 Å². The molecule has 4 rings (SSSR count). The van der Waals surface area contributed by atoms with Crippen molar-refractivity contribution >= 4 is 34.1 Å². The number of pyridine rings is 1. The van der Waals surface area contributed by atoms with E-state index < -0.39 is 6.04 Å². The van der Waals surface area contributed by atoms with E-state index in [0.29, 0.717) is 29.3 Å². The molecule has 2 aromatic heterocycles. The molecule has 0 saturated carbocycles. The summed E-state index contributed by atoms with van der Waals surface area (Å²) in [4.78, 5) is 39.8. The molecule has 0 aliphatic heterocycles. The summed E-state index contributed by atoms with van der Waals surface area (Å²) in [6.45, 7) is 3.95. The second-order valence-electron chi connectivity index (χ2n) is 8.07. The fourth-order valence-electron chi connectivity index (χ4n) is 3.65. The third-order valence-corrected chi connectivity index (χ3v) is 6.05. The van der Waals surface area contributed by atoms with Crippen LogP contribution in [-0.4, -0.2) is 39.6 Å². The summed E-state index contributed by atoms with van der Waals surface area (Å²) in [5.41, 5.74) is 3.33. The summed E-state index contributed by atoms with van der Waals surface area (Å²) < 4.78 is 5.97. The maximum atomic E-state index is 12.8. The van der Waals surface area contributed by atoms with Crippen LogP contribution in [0.5, 0.6) is 5.75 Å². The van der Waals surface area contributed by atoms with Crippen LogP contribution in [0.1, 0.15) is 33.5 Å². The Kier molecular flexibility index (Phi) is 7.51. The van der Waals surface area contributed by atoms with Crippen molar-refractivity contribution in [3.8, 4) is 5.75 Å². The van der Waals surface area contributed by atoms with Crippen LogP contribution in [0.25, 0.3) is 10.9 Å². The Balaban J connectivity index is 1.40. The second kappa shape index (κ2) is 10.9. The minimum Gasteiger partial charge on any atom is -0.489 e. The highest BCUT2D eigenvalue weighted by Crippen LogP contribution is 2.21. The molecular formula is C25H25N5O4S. The van der Waals surface area contributed by atoms with Crippen molar-refractivity contribution in [1.82, 2.24) is 25.8 Å². The number of para-hydroxylation sites is 1. The van der Waals surface area contributed by atoms with E-state index >= 15 is 0 Å². The lowest BCUT2D eigenvalue weighted by atomic mass is 10.1. The van der Waals surface area contributed by atoms with Crippen molar-refractivity contribution in [3.05, 3.63) is 86.1 Å². The first kappa shape index (κ1) is 24.1. The van der Waals surface area contributed by atoms with Gasteiger partial charge in [-0.25, -0.2) is 5.10 Å². The van der Waals surface area contributed by atoms with E-state index in [-0.39, 0.29) is 23.2 Å². The van der Waals surface area contributed by atoms with Crippen LogP contribution < -0.4 is 20.2 Å². The van der Waals surface area contributed by atoms with Crippen LogP contribution in [-0.2, 0) is 17.8 Å². The number of rotatable bonds is 9. The minimum atomic E-state index is -0.426. The number of aromatic nitrogens is 3. The zero-order chi connectivity index (χ0) is 24.8. The summed E-state index contributed by atoms with van der Waals surface area (Å²) in [6, 6.07) is 16.4. The van der Waals surface area contributed by atoms with Gasteiger partial charge in [-0.1, -0.05) is 29.5 Å². The molecule has 180 valence electrons. The number of carbonyl (C=O) groups is 2. The highest BCUT2D eigenvalue weighted by atomic mass is 32.1. The van der Waals surface area contributed by atoms with Crippen molar-refractivity contribution in [1.29, 1.82) is 0 Å². The van der Waals surface area contributed by atoms with Gasteiger partial charge in [0, 0.05) is 42.1 Å². The van der Waals surface area contributed by atoms with Gasteiger partial charge in [-0.05, 0) is 43.3 Å². The maximum Gasteiger partial charge on any atom is 0.322 e. The molecule has 0 radical (unpaired) electrons. The van der Waals surface area contributed by atoms with E-state index in [2.05, 4.69) is 25.8 Å². The quantitative estimate of drug-likeness (QED) is 0.331. The van der Waals surface area contributed by atoms with Crippen LogP contribution in [0.15, 0.2) is 59.4 Å². The predicted molar refractivity (Wildman–Crippen MR) is 134 cm³/mol. The van der Waals surface area contributed by atoms with Gasteiger partial charge in [0.2, 0.25) is 5.91 Å². The molecule has 1 unspecified atom stereocenters. The lowest BCUT2D eigenvalue weighted by molar-refractivity contribution is -0.119. The third-order valence-electron chi connectivity index (χ3n) is 5.28. The molecule has 1 atom stereocenters. The fraction of sp³-hybridized carbons (Fsp3) is 0.240. The number of nitrogens with zero attached hydrogens (tertiary/aromatic N) is 2. The van der Waals surface area contributed by atoms with Crippen molar-refractivity contribution < 1.29 is 14.3 Å². The molecular weight excluding hydrogens is 466 g/mol.